The molecule has 4 aromatic rings. The number of carbonyl (C=O) groups is 1. The summed E-state index contributed by atoms with van der Waals surface area (Å²) in [5.74, 6) is 0.496. The van der Waals surface area contributed by atoms with Gasteiger partial charge in [-0.25, -0.2) is 13.4 Å². The molecule has 0 atom stereocenters. The Morgan fingerprint density at radius 1 is 0.947 bits per heavy atom. The monoisotopic (exact) mass is 574 g/mol. The Labute approximate surface area is 233 Å². The largest absolute Gasteiger partial charge is 0.497 e. The molecule has 8 nitrogen and oxygen atoms in total. The van der Waals surface area contributed by atoms with E-state index in [-0.39, 0.29) is 23.2 Å². The Morgan fingerprint density at radius 3 is 2.26 bits per heavy atom. The third kappa shape index (κ3) is 6.44. The van der Waals surface area contributed by atoms with Gasteiger partial charge in [-0.05, 0) is 81.7 Å². The van der Waals surface area contributed by atoms with Crippen molar-refractivity contribution in [3.8, 4) is 5.75 Å². The molecule has 0 fully saturated rings. The number of carbonyl (C=O) groups excluding carboxylic acids is 1. The van der Waals surface area contributed by atoms with E-state index in [2.05, 4.69) is 4.90 Å². The Hall–Kier alpha value is -3.18. The maximum absolute atomic E-state index is 13.6. The minimum absolute atomic E-state index is 0. The second-order valence-electron chi connectivity index (χ2n) is 8.78. The lowest BCUT2D eigenvalue weighted by Crippen LogP contribution is -2.33. The second-order valence-corrected chi connectivity index (χ2v) is 11.8. The van der Waals surface area contributed by atoms with Gasteiger partial charge in [-0.3, -0.25) is 14.0 Å². The van der Waals surface area contributed by atoms with Crippen LogP contribution in [0.25, 0.3) is 10.2 Å². The third-order valence-corrected chi connectivity index (χ3v) is 8.77. The van der Waals surface area contributed by atoms with Crippen molar-refractivity contribution in [2.75, 3.05) is 50.5 Å². The van der Waals surface area contributed by atoms with Crippen molar-refractivity contribution in [1.29, 1.82) is 0 Å². The Bertz CT molecular complexity index is 1480. The molecule has 202 valence electrons. The number of hydrogen-bond donors (Lipinski definition) is 0. The number of rotatable bonds is 10. The number of sulfonamides is 1. The van der Waals surface area contributed by atoms with Crippen molar-refractivity contribution < 1.29 is 17.9 Å². The number of benzene rings is 3. The van der Waals surface area contributed by atoms with Crippen LogP contribution in [0.4, 0.5) is 10.8 Å². The maximum Gasteiger partial charge on any atom is 0.264 e. The lowest BCUT2D eigenvalue weighted by molar-refractivity contribution is 0.0986. The van der Waals surface area contributed by atoms with E-state index in [1.54, 1.807) is 48.4 Å². The number of hydrogen-bond acceptors (Lipinski definition) is 7. The first-order valence-corrected chi connectivity index (χ1v) is 14.0. The van der Waals surface area contributed by atoms with Crippen LogP contribution in [0, 0.1) is 0 Å². The molecule has 0 radical (unpaired) electrons. The molecule has 0 spiro atoms. The van der Waals surface area contributed by atoms with Gasteiger partial charge in [0.15, 0.2) is 5.13 Å². The predicted octanol–water partition coefficient (Wildman–Crippen LogP) is 5.15. The first kappa shape index (κ1) is 29.4. The zero-order valence-electron chi connectivity index (χ0n) is 21.7. The normalized spacial score (nSPS) is 11.3. The summed E-state index contributed by atoms with van der Waals surface area (Å²) >= 11 is 1.42. The zero-order chi connectivity index (χ0) is 26.6. The number of thiazole rings is 1. The molecule has 3 aromatic carbocycles. The van der Waals surface area contributed by atoms with Crippen LogP contribution in [0.3, 0.4) is 0 Å². The first-order chi connectivity index (χ1) is 17.7. The van der Waals surface area contributed by atoms with Crippen molar-refractivity contribution in [3.05, 3.63) is 78.4 Å². The summed E-state index contributed by atoms with van der Waals surface area (Å²) in [4.78, 5) is 22.2. The van der Waals surface area contributed by atoms with Crippen molar-refractivity contribution >= 4 is 60.7 Å². The lowest BCUT2D eigenvalue weighted by atomic mass is 10.2. The van der Waals surface area contributed by atoms with Crippen molar-refractivity contribution in [3.63, 3.8) is 0 Å². The molecule has 11 heteroatoms. The Morgan fingerprint density at radius 2 is 1.63 bits per heavy atom. The van der Waals surface area contributed by atoms with Gasteiger partial charge < -0.3 is 9.64 Å². The summed E-state index contributed by atoms with van der Waals surface area (Å²) in [5.41, 5.74) is 1.74. The standard InChI is InChI=1S/C27H30N4O4S2.ClH/c1-29(2)17-8-18-31(27-28-24-16-13-22(35-4)19-25(24)36-27)26(32)20-11-14-23(15-12-20)37(33,34)30(3)21-9-6-5-7-10-21;/h5-7,9-16,19H,8,17-18H2,1-4H3;1H. The van der Waals surface area contributed by atoms with Gasteiger partial charge in [-0.1, -0.05) is 29.5 Å². The minimum atomic E-state index is -3.77. The summed E-state index contributed by atoms with van der Waals surface area (Å²) in [6, 6.07) is 20.5. The molecule has 4 rings (SSSR count). The molecular weight excluding hydrogens is 544 g/mol. The van der Waals surface area contributed by atoms with E-state index in [1.165, 1.54) is 34.8 Å². The average Bonchev–Trinajstić information content (AvgIpc) is 3.33. The van der Waals surface area contributed by atoms with Crippen LogP contribution in [0.15, 0.2) is 77.7 Å². The molecule has 1 heterocycles. The zero-order valence-corrected chi connectivity index (χ0v) is 24.1. The minimum Gasteiger partial charge on any atom is -0.497 e. The summed E-state index contributed by atoms with van der Waals surface area (Å²) in [7, 11) is 3.33. The average molecular weight is 575 g/mol. The molecule has 1 amide bonds. The van der Waals surface area contributed by atoms with Gasteiger partial charge in [-0.15, -0.1) is 12.4 Å². The topological polar surface area (TPSA) is 83.0 Å². The van der Waals surface area contributed by atoms with E-state index in [0.717, 1.165) is 28.9 Å². The van der Waals surface area contributed by atoms with Crippen molar-refractivity contribution in [2.45, 2.75) is 11.3 Å². The van der Waals surface area contributed by atoms with Crippen LogP contribution in [-0.4, -0.2) is 65.6 Å². The second kappa shape index (κ2) is 12.6. The molecule has 0 aliphatic rings. The smallest absolute Gasteiger partial charge is 0.264 e. The number of amides is 1. The van der Waals surface area contributed by atoms with Crippen LogP contribution in [-0.2, 0) is 10.0 Å². The van der Waals surface area contributed by atoms with E-state index < -0.39 is 10.0 Å². The van der Waals surface area contributed by atoms with Crippen molar-refractivity contribution in [1.82, 2.24) is 9.88 Å². The third-order valence-electron chi connectivity index (χ3n) is 5.93. The number of aromatic nitrogens is 1. The predicted molar refractivity (Wildman–Crippen MR) is 157 cm³/mol. The van der Waals surface area contributed by atoms with Gasteiger partial charge in [0.25, 0.3) is 15.9 Å². The number of ether oxygens (including phenoxy) is 1. The molecule has 0 saturated heterocycles. The van der Waals surface area contributed by atoms with Crippen LogP contribution < -0.4 is 13.9 Å². The SMILES string of the molecule is COc1ccc2nc(N(CCCN(C)C)C(=O)c3ccc(S(=O)(=O)N(C)c4ccccc4)cc3)sc2c1.Cl. The number of para-hydroxylation sites is 1. The Kier molecular flexibility index (Phi) is 9.72. The maximum atomic E-state index is 13.6. The molecule has 0 unspecified atom stereocenters. The molecule has 0 N–H and O–H groups in total. The summed E-state index contributed by atoms with van der Waals surface area (Å²) in [6.07, 6.45) is 0.756. The van der Waals surface area contributed by atoms with Gasteiger partial charge >= 0.3 is 0 Å². The summed E-state index contributed by atoms with van der Waals surface area (Å²) in [5, 5.41) is 0.590. The van der Waals surface area contributed by atoms with Crippen molar-refractivity contribution in [2.24, 2.45) is 0 Å². The van der Waals surface area contributed by atoms with Gasteiger partial charge in [0.05, 0.1) is 27.9 Å². The van der Waals surface area contributed by atoms with Gasteiger partial charge in [0.2, 0.25) is 0 Å². The summed E-state index contributed by atoms with van der Waals surface area (Å²) in [6.45, 7) is 1.29. The number of nitrogens with zero attached hydrogens (tertiary/aromatic N) is 4. The van der Waals surface area contributed by atoms with E-state index in [1.807, 2.05) is 38.4 Å². The fourth-order valence-corrected chi connectivity index (χ4v) is 6.04. The highest BCUT2D eigenvalue weighted by atomic mass is 35.5. The number of anilines is 2. The highest BCUT2D eigenvalue weighted by molar-refractivity contribution is 7.92. The Balaban J connectivity index is 0.00000400. The molecule has 0 saturated carbocycles. The molecule has 0 bridgehead atoms. The quantitative estimate of drug-likeness (QED) is 0.260. The molecule has 38 heavy (non-hydrogen) atoms. The highest BCUT2D eigenvalue weighted by Gasteiger charge is 2.24. The fourth-order valence-electron chi connectivity index (χ4n) is 3.82. The van der Waals surface area contributed by atoms with Crippen LogP contribution in [0.2, 0.25) is 0 Å². The number of methoxy groups -OCH3 is 1. The number of halogens is 1. The van der Waals surface area contributed by atoms with E-state index in [0.29, 0.717) is 22.9 Å². The van der Waals surface area contributed by atoms with Gasteiger partial charge in [-0.2, -0.15) is 0 Å². The van der Waals surface area contributed by atoms with Crippen LogP contribution in [0.5, 0.6) is 5.75 Å². The molecule has 0 aliphatic heterocycles. The molecule has 0 aliphatic carbocycles. The first-order valence-electron chi connectivity index (χ1n) is 11.8. The van der Waals surface area contributed by atoms with Gasteiger partial charge in [0.1, 0.15) is 5.75 Å². The molecular formula is C27H31ClN4O4S2. The summed E-state index contributed by atoms with van der Waals surface area (Å²) < 4.78 is 33.7. The van der Waals surface area contributed by atoms with E-state index in [4.69, 9.17) is 9.72 Å². The van der Waals surface area contributed by atoms with E-state index >= 15 is 0 Å². The van der Waals surface area contributed by atoms with Crippen LogP contribution in [0.1, 0.15) is 16.8 Å². The number of fused-ring (bicyclic) bond motifs is 1. The highest BCUT2D eigenvalue weighted by Crippen LogP contribution is 2.32. The van der Waals surface area contributed by atoms with E-state index in [9.17, 15) is 13.2 Å². The fraction of sp³-hybridized carbons (Fsp3) is 0.259. The van der Waals surface area contributed by atoms with Gasteiger partial charge in [0, 0.05) is 19.2 Å². The lowest BCUT2D eigenvalue weighted by Gasteiger charge is -2.22. The molecule has 1 aromatic heterocycles. The van der Waals surface area contributed by atoms with Crippen LogP contribution >= 0.6 is 23.7 Å².